The van der Waals surface area contributed by atoms with Gasteiger partial charge >= 0.3 is 6.09 Å². The smallest absolute Gasteiger partial charge is 0.419 e. The molecule has 0 bridgehead atoms. The number of methoxy groups -OCH3 is 1. The van der Waals surface area contributed by atoms with Crippen LogP contribution in [0.25, 0.3) is 0 Å². The van der Waals surface area contributed by atoms with Crippen molar-refractivity contribution in [2.75, 3.05) is 12.0 Å². The van der Waals surface area contributed by atoms with E-state index in [1.54, 1.807) is 13.3 Å². The molecule has 28 heavy (non-hydrogen) atoms. The number of carbonyl (C=O) groups excluding carboxylic acids is 1. The zero-order valence-electron chi connectivity index (χ0n) is 18.4. The summed E-state index contributed by atoms with van der Waals surface area (Å²) in [4.78, 5) is 14.4. The maximum absolute atomic E-state index is 12.9. The summed E-state index contributed by atoms with van der Waals surface area (Å²) < 4.78 is 11.4. The van der Waals surface area contributed by atoms with Crippen LogP contribution in [-0.4, -0.2) is 23.9 Å². The predicted octanol–water partition coefficient (Wildman–Crippen LogP) is 6.07. The second kappa shape index (κ2) is 8.89. The molecule has 1 aliphatic rings. The fourth-order valence-corrected chi connectivity index (χ4v) is 3.87. The highest BCUT2D eigenvalue weighted by molar-refractivity contribution is 5.96. The molecule has 0 saturated heterocycles. The SMILES string of the molecule is CCCCC1C=CN(C(=O)OC(C)(C)C)c2c(OC)c(CC)c(CC)c(O)c21. The Morgan fingerprint density at radius 2 is 1.82 bits per heavy atom. The molecule has 1 amide bonds. The van der Waals surface area contributed by atoms with E-state index in [2.05, 4.69) is 6.92 Å². The van der Waals surface area contributed by atoms with E-state index in [0.717, 1.165) is 36.0 Å². The summed E-state index contributed by atoms with van der Waals surface area (Å²) >= 11 is 0. The first-order valence-corrected chi connectivity index (χ1v) is 10.3. The molecule has 5 heteroatoms. The molecule has 0 spiro atoms. The number of allylic oxidation sites excluding steroid dienone is 1. The predicted molar refractivity (Wildman–Crippen MR) is 114 cm³/mol. The number of nitrogens with zero attached hydrogens (tertiary/aromatic N) is 1. The maximum atomic E-state index is 12.9. The number of anilines is 1. The van der Waals surface area contributed by atoms with Crippen molar-refractivity contribution in [3.63, 3.8) is 0 Å². The van der Waals surface area contributed by atoms with Crippen LogP contribution in [0.1, 0.15) is 83.4 Å². The summed E-state index contributed by atoms with van der Waals surface area (Å²) in [6.07, 6.45) is 7.72. The first-order chi connectivity index (χ1) is 13.2. The molecular formula is C23H35NO4. The number of amides is 1. The number of ether oxygens (including phenoxy) is 2. The van der Waals surface area contributed by atoms with E-state index in [-0.39, 0.29) is 11.7 Å². The third-order valence-electron chi connectivity index (χ3n) is 5.10. The van der Waals surface area contributed by atoms with Crippen LogP contribution in [0.3, 0.4) is 0 Å². The molecule has 1 aromatic carbocycles. The number of phenols is 1. The molecular weight excluding hydrogens is 354 g/mol. The van der Waals surface area contributed by atoms with Crippen LogP contribution in [0.15, 0.2) is 12.3 Å². The minimum Gasteiger partial charge on any atom is -0.507 e. The van der Waals surface area contributed by atoms with Gasteiger partial charge in [0.1, 0.15) is 22.8 Å². The summed E-state index contributed by atoms with van der Waals surface area (Å²) in [6, 6.07) is 0. The molecule has 0 aromatic heterocycles. The van der Waals surface area contributed by atoms with Gasteiger partial charge < -0.3 is 14.6 Å². The summed E-state index contributed by atoms with van der Waals surface area (Å²) in [5.74, 6) is 0.983. The number of hydrogen-bond donors (Lipinski definition) is 1. The van der Waals surface area contributed by atoms with Crippen LogP contribution >= 0.6 is 0 Å². The fourth-order valence-electron chi connectivity index (χ4n) is 3.87. The number of hydrogen-bond acceptors (Lipinski definition) is 4. The summed E-state index contributed by atoms with van der Waals surface area (Å²) in [5, 5.41) is 11.2. The normalized spacial score (nSPS) is 16.1. The van der Waals surface area contributed by atoms with Gasteiger partial charge in [-0.05, 0) is 40.0 Å². The molecule has 1 unspecified atom stereocenters. The second-order valence-corrected chi connectivity index (χ2v) is 8.25. The standard InChI is InChI=1S/C23H35NO4/c1-8-11-12-15-13-14-24(22(26)28-23(4,5)6)19-18(15)20(25)16(9-2)17(10-3)21(19)27-7/h13-15,25H,8-12H2,1-7H3. The number of unbranched alkanes of at least 4 members (excludes halogenated alkanes) is 1. The first-order valence-electron chi connectivity index (χ1n) is 10.3. The van der Waals surface area contributed by atoms with Crippen LogP contribution in [0, 0.1) is 0 Å². The highest BCUT2D eigenvalue weighted by Crippen LogP contribution is 2.51. The fraction of sp³-hybridized carbons (Fsp3) is 0.609. The lowest BCUT2D eigenvalue weighted by Crippen LogP contribution is -2.36. The third-order valence-corrected chi connectivity index (χ3v) is 5.10. The highest BCUT2D eigenvalue weighted by Gasteiger charge is 2.35. The topological polar surface area (TPSA) is 59.0 Å². The number of carbonyl (C=O) groups is 1. The Morgan fingerprint density at radius 3 is 2.32 bits per heavy atom. The minimum absolute atomic E-state index is 0.0405. The largest absolute Gasteiger partial charge is 0.507 e. The van der Waals surface area contributed by atoms with Gasteiger partial charge in [-0.3, -0.25) is 0 Å². The van der Waals surface area contributed by atoms with Crippen LogP contribution in [-0.2, 0) is 17.6 Å². The van der Waals surface area contributed by atoms with Gasteiger partial charge in [-0.2, -0.15) is 0 Å². The van der Waals surface area contributed by atoms with Crippen LogP contribution in [0.5, 0.6) is 11.5 Å². The molecule has 1 N–H and O–H groups in total. The second-order valence-electron chi connectivity index (χ2n) is 8.25. The Labute approximate surface area is 169 Å². The van der Waals surface area contributed by atoms with Gasteiger partial charge in [-0.15, -0.1) is 0 Å². The average molecular weight is 390 g/mol. The summed E-state index contributed by atoms with van der Waals surface area (Å²) in [7, 11) is 1.62. The zero-order chi connectivity index (χ0) is 21.1. The van der Waals surface area contributed by atoms with E-state index in [1.807, 2.05) is 40.7 Å². The van der Waals surface area contributed by atoms with Gasteiger partial charge in [0.25, 0.3) is 0 Å². The molecule has 1 atom stereocenters. The lowest BCUT2D eigenvalue weighted by molar-refractivity contribution is 0.0594. The Kier molecular flexibility index (Phi) is 7.02. The van der Waals surface area contributed by atoms with Gasteiger partial charge in [0, 0.05) is 28.8 Å². The van der Waals surface area contributed by atoms with Crippen molar-refractivity contribution in [3.05, 3.63) is 29.0 Å². The average Bonchev–Trinajstić information content (AvgIpc) is 2.63. The Hall–Kier alpha value is -2.17. The minimum atomic E-state index is -0.615. The van der Waals surface area contributed by atoms with Crippen LogP contribution < -0.4 is 9.64 Å². The van der Waals surface area contributed by atoms with E-state index in [1.165, 1.54) is 4.90 Å². The Morgan fingerprint density at radius 1 is 1.18 bits per heavy atom. The number of rotatable bonds is 6. The molecule has 0 radical (unpaired) electrons. The summed E-state index contributed by atoms with van der Waals surface area (Å²) in [6.45, 7) is 11.7. The van der Waals surface area contributed by atoms with Gasteiger partial charge in [-0.1, -0.05) is 39.7 Å². The molecule has 0 fully saturated rings. The molecule has 1 aromatic rings. The number of aromatic hydroxyl groups is 1. The number of phenolic OH excluding ortho intramolecular Hbond substituents is 1. The van der Waals surface area contributed by atoms with Crippen LogP contribution in [0.4, 0.5) is 10.5 Å². The van der Waals surface area contributed by atoms with E-state index < -0.39 is 11.7 Å². The molecule has 0 saturated carbocycles. The van der Waals surface area contributed by atoms with Crippen molar-refractivity contribution in [1.29, 1.82) is 0 Å². The van der Waals surface area contributed by atoms with E-state index in [0.29, 0.717) is 24.3 Å². The molecule has 1 aliphatic heterocycles. The monoisotopic (exact) mass is 389 g/mol. The first kappa shape index (κ1) is 22.1. The highest BCUT2D eigenvalue weighted by atomic mass is 16.6. The molecule has 0 aliphatic carbocycles. The lowest BCUT2D eigenvalue weighted by Gasteiger charge is -2.34. The quantitative estimate of drug-likeness (QED) is 0.641. The zero-order valence-corrected chi connectivity index (χ0v) is 18.4. The van der Waals surface area contributed by atoms with Gasteiger partial charge in [0.2, 0.25) is 0 Å². The number of fused-ring (bicyclic) bond motifs is 1. The van der Waals surface area contributed by atoms with Crippen molar-refractivity contribution in [2.45, 2.75) is 85.2 Å². The molecule has 5 nitrogen and oxygen atoms in total. The van der Waals surface area contributed by atoms with E-state index in [9.17, 15) is 9.90 Å². The van der Waals surface area contributed by atoms with Crippen molar-refractivity contribution < 1.29 is 19.4 Å². The van der Waals surface area contributed by atoms with Crippen molar-refractivity contribution in [2.24, 2.45) is 0 Å². The van der Waals surface area contributed by atoms with Gasteiger partial charge in [-0.25, -0.2) is 9.69 Å². The Bertz CT molecular complexity index is 746. The van der Waals surface area contributed by atoms with Crippen molar-refractivity contribution in [1.82, 2.24) is 0 Å². The van der Waals surface area contributed by atoms with Crippen molar-refractivity contribution in [3.8, 4) is 11.5 Å². The molecule has 156 valence electrons. The third kappa shape index (κ3) is 4.29. The van der Waals surface area contributed by atoms with Gasteiger partial charge in [0.05, 0.1) is 7.11 Å². The van der Waals surface area contributed by atoms with E-state index in [4.69, 9.17) is 9.47 Å². The summed E-state index contributed by atoms with van der Waals surface area (Å²) in [5.41, 5.74) is 2.62. The lowest BCUT2D eigenvalue weighted by atomic mass is 9.84. The number of benzene rings is 1. The molecule has 2 rings (SSSR count). The van der Waals surface area contributed by atoms with Crippen LogP contribution in [0.2, 0.25) is 0 Å². The van der Waals surface area contributed by atoms with Gasteiger partial charge in [0.15, 0.2) is 0 Å². The Balaban J connectivity index is 2.73. The van der Waals surface area contributed by atoms with Crippen molar-refractivity contribution >= 4 is 11.8 Å². The van der Waals surface area contributed by atoms with E-state index >= 15 is 0 Å². The molecule has 1 heterocycles. The maximum Gasteiger partial charge on any atom is 0.419 e.